The molecule has 0 bridgehead atoms. The summed E-state index contributed by atoms with van der Waals surface area (Å²) < 4.78 is 54.4. The minimum Gasteiger partial charge on any atom is -0.394 e. The van der Waals surface area contributed by atoms with E-state index in [1.165, 1.54) is 10.9 Å². The minimum absolute atomic E-state index is 0.0380. The Hall–Kier alpha value is -4.26. The van der Waals surface area contributed by atoms with E-state index in [9.17, 15) is 23.4 Å². The fourth-order valence-corrected chi connectivity index (χ4v) is 4.44. The Morgan fingerprint density at radius 1 is 0.829 bits per heavy atom. The topological polar surface area (TPSA) is 262 Å². The first-order chi connectivity index (χ1) is 19.6. The highest BCUT2D eigenvalue weighted by molar-refractivity contribution is 5.77. The van der Waals surface area contributed by atoms with Gasteiger partial charge < -0.3 is 41.4 Å². The highest BCUT2D eigenvalue weighted by atomic mass is 19.1. The number of nitrogen functional groups attached to an aromatic ring is 2. The van der Waals surface area contributed by atoms with E-state index in [-0.39, 0.29) is 39.9 Å². The summed E-state index contributed by atoms with van der Waals surface area (Å²) in [5, 5.41) is 46.3. The molecule has 0 aliphatic carbocycles. The van der Waals surface area contributed by atoms with Crippen LogP contribution in [0.5, 0.6) is 0 Å². The summed E-state index contributed by atoms with van der Waals surface area (Å²) in [7, 11) is 0. The molecule has 0 radical (unpaired) electrons. The van der Waals surface area contributed by atoms with E-state index in [0.717, 1.165) is 10.9 Å². The number of anilines is 2. The van der Waals surface area contributed by atoms with E-state index >= 15 is 0 Å². The summed E-state index contributed by atoms with van der Waals surface area (Å²) in [5.74, 6) is -1.42. The van der Waals surface area contributed by atoms with Crippen molar-refractivity contribution >= 4 is 34.2 Å². The van der Waals surface area contributed by atoms with Gasteiger partial charge in [-0.3, -0.25) is 9.13 Å². The number of nitriles is 1. The van der Waals surface area contributed by atoms with Crippen LogP contribution in [-0.4, -0.2) is 109 Å². The van der Waals surface area contributed by atoms with Crippen LogP contribution in [0.1, 0.15) is 18.1 Å². The van der Waals surface area contributed by atoms with Crippen LogP contribution in [0.25, 0.3) is 22.3 Å². The number of aromatic nitrogens is 8. The Morgan fingerprint density at radius 3 is 1.76 bits per heavy atom. The number of nitrogens with zero attached hydrogens (tertiary/aromatic N) is 9. The summed E-state index contributed by atoms with van der Waals surface area (Å²) >= 11 is 0. The number of ether oxygens (including phenoxy) is 2. The van der Waals surface area contributed by atoms with Crippen molar-refractivity contribution < 1.29 is 43.1 Å². The Labute approximate surface area is 226 Å². The smallest absolute Gasteiger partial charge is 0.245 e. The van der Waals surface area contributed by atoms with E-state index in [0.29, 0.717) is 0 Å². The molecular formula is C21H22F3N11O6. The van der Waals surface area contributed by atoms with E-state index < -0.39 is 68.4 Å². The average molecular weight is 581 g/mol. The molecule has 0 spiro atoms. The highest BCUT2D eigenvalue weighted by Crippen LogP contribution is 2.35. The highest BCUT2D eigenvalue weighted by Gasteiger charge is 2.46. The van der Waals surface area contributed by atoms with Crippen molar-refractivity contribution in [2.45, 2.75) is 49.2 Å². The van der Waals surface area contributed by atoms with Crippen molar-refractivity contribution in [3.05, 3.63) is 24.3 Å². The number of aliphatic hydroxyl groups excluding tert-OH is 4. The summed E-state index contributed by atoms with van der Waals surface area (Å²) in [6, 6.07) is 1.82. The van der Waals surface area contributed by atoms with Gasteiger partial charge in [0.25, 0.3) is 0 Å². The quantitative estimate of drug-likeness (QED) is 0.142. The first-order valence-corrected chi connectivity index (χ1v) is 11.8. The van der Waals surface area contributed by atoms with Gasteiger partial charge in [0.1, 0.15) is 36.0 Å². The molecule has 0 saturated carbocycles. The molecule has 20 heteroatoms. The van der Waals surface area contributed by atoms with Crippen LogP contribution in [-0.2, 0) is 9.47 Å². The number of halogens is 3. The van der Waals surface area contributed by atoms with Crippen LogP contribution < -0.4 is 11.5 Å². The Kier molecular flexibility index (Phi) is 7.56. The number of imidazole rings is 2. The van der Waals surface area contributed by atoms with Gasteiger partial charge in [0.15, 0.2) is 47.3 Å². The Morgan fingerprint density at radius 2 is 1.29 bits per heavy atom. The van der Waals surface area contributed by atoms with Gasteiger partial charge in [-0.2, -0.15) is 29.6 Å². The van der Waals surface area contributed by atoms with E-state index in [2.05, 4.69) is 29.9 Å². The van der Waals surface area contributed by atoms with Crippen LogP contribution >= 0.6 is 0 Å². The van der Waals surface area contributed by atoms with Crippen molar-refractivity contribution in [3.8, 4) is 6.07 Å². The lowest BCUT2D eigenvalue weighted by Gasteiger charge is -2.15. The number of alkyl halides is 2. The third-order valence-electron chi connectivity index (χ3n) is 6.44. The van der Waals surface area contributed by atoms with Crippen molar-refractivity contribution in [2.75, 3.05) is 24.7 Å². The molecular weight excluding hydrogens is 559 g/mol. The minimum atomic E-state index is -1.82. The maximum Gasteiger partial charge on any atom is 0.245 e. The second kappa shape index (κ2) is 11.0. The number of aliphatic hydroxyl groups is 4. The van der Waals surface area contributed by atoms with Crippen LogP contribution in [0.2, 0.25) is 0 Å². The zero-order valence-electron chi connectivity index (χ0n) is 20.6. The van der Waals surface area contributed by atoms with Gasteiger partial charge in [-0.15, -0.1) is 0 Å². The molecule has 17 nitrogen and oxygen atoms in total. The van der Waals surface area contributed by atoms with Crippen LogP contribution in [0.3, 0.4) is 0 Å². The molecule has 218 valence electrons. The predicted molar refractivity (Wildman–Crippen MR) is 128 cm³/mol. The Balaban J connectivity index is 0.000000165. The molecule has 41 heavy (non-hydrogen) atoms. The molecule has 2 fully saturated rings. The monoisotopic (exact) mass is 581 g/mol. The van der Waals surface area contributed by atoms with Crippen LogP contribution in [0.15, 0.2) is 12.7 Å². The first-order valence-electron chi connectivity index (χ1n) is 11.8. The molecule has 8 atom stereocenters. The van der Waals surface area contributed by atoms with Gasteiger partial charge in [0, 0.05) is 0 Å². The van der Waals surface area contributed by atoms with Crippen molar-refractivity contribution in [1.29, 1.82) is 5.26 Å². The van der Waals surface area contributed by atoms with Crippen LogP contribution in [0.4, 0.5) is 25.1 Å². The van der Waals surface area contributed by atoms with E-state index in [1.807, 2.05) is 6.07 Å². The molecule has 8 N–H and O–H groups in total. The zero-order chi connectivity index (χ0) is 29.6. The number of rotatable bonds is 4. The molecule has 0 aromatic carbocycles. The number of nitrogens with two attached hydrogens (primary N) is 2. The van der Waals surface area contributed by atoms with Gasteiger partial charge in [-0.25, -0.2) is 18.7 Å². The number of fused-ring (bicyclic) bond motifs is 2. The summed E-state index contributed by atoms with van der Waals surface area (Å²) in [4.78, 5) is 22.4. The van der Waals surface area contributed by atoms with Crippen molar-refractivity contribution in [3.63, 3.8) is 0 Å². The summed E-state index contributed by atoms with van der Waals surface area (Å²) in [6.45, 7) is -1.07. The fraction of sp³-hybridized carbons (Fsp3) is 0.476. The SMILES string of the molecule is N#Cc1nc(N)nc2c1ncn2[C@@H]1O[C@H](CO)C(O)[C@H]1F.Nc1nc(F)c2ncn([C@@H]3O[C@H](CO)C(O)[C@H]3F)c2n1. The maximum atomic E-state index is 14.1. The van der Waals surface area contributed by atoms with Gasteiger partial charge in [-0.1, -0.05) is 0 Å². The van der Waals surface area contributed by atoms with Crippen molar-refractivity contribution in [1.82, 2.24) is 39.0 Å². The molecule has 2 aliphatic heterocycles. The lowest BCUT2D eigenvalue weighted by atomic mass is 10.1. The maximum absolute atomic E-state index is 14.1. The molecule has 2 unspecified atom stereocenters. The molecule has 4 aromatic heterocycles. The number of hydrogen-bond donors (Lipinski definition) is 6. The lowest BCUT2D eigenvalue weighted by Crippen LogP contribution is -2.30. The predicted octanol–water partition coefficient (Wildman–Crippen LogP) is -1.99. The molecule has 0 amide bonds. The zero-order valence-corrected chi connectivity index (χ0v) is 20.6. The standard InChI is InChI=1S/C11H11FN6O3.C10H11F2N5O3/c12-6-8(20)5(2-19)21-10(6)18-3-15-7-4(1-13)16-11(14)17-9(7)18;11-4-6(19)3(1-18)20-9(4)17-2-14-5-7(12)15-10(13)16-8(5)17/h3,5-6,8,10,19-20H,2H2,(H2,14,16,17);2-4,6,9,18-19H,1H2,(H2,13,15,16)/t5-,6-,8?,10-;3-,4-,6?,9-/m11/s1. The lowest BCUT2D eigenvalue weighted by molar-refractivity contribution is -0.0459. The molecule has 4 aromatic rings. The van der Waals surface area contributed by atoms with E-state index in [4.69, 9.17) is 36.4 Å². The van der Waals surface area contributed by atoms with Gasteiger partial charge in [-0.05, 0) is 0 Å². The summed E-state index contributed by atoms with van der Waals surface area (Å²) in [5.41, 5.74) is 10.9. The average Bonchev–Trinajstić information content (AvgIpc) is 3.70. The molecule has 2 saturated heterocycles. The molecule has 2 aliphatic rings. The van der Waals surface area contributed by atoms with Crippen molar-refractivity contribution in [2.24, 2.45) is 0 Å². The third-order valence-corrected chi connectivity index (χ3v) is 6.44. The van der Waals surface area contributed by atoms with Crippen LogP contribution in [0, 0.1) is 17.3 Å². The largest absolute Gasteiger partial charge is 0.394 e. The van der Waals surface area contributed by atoms with Gasteiger partial charge in [0.05, 0.1) is 25.9 Å². The summed E-state index contributed by atoms with van der Waals surface area (Å²) in [6.07, 6.45) is -8.82. The fourth-order valence-electron chi connectivity index (χ4n) is 4.44. The molecule has 6 rings (SSSR count). The van der Waals surface area contributed by atoms with Gasteiger partial charge in [0.2, 0.25) is 17.8 Å². The molecule has 6 heterocycles. The normalized spacial score (nSPS) is 29.5. The van der Waals surface area contributed by atoms with Gasteiger partial charge >= 0.3 is 0 Å². The second-order valence-corrected chi connectivity index (χ2v) is 8.93. The third kappa shape index (κ3) is 4.83. The second-order valence-electron chi connectivity index (χ2n) is 8.93. The Bertz CT molecular complexity index is 1620. The number of hydrogen-bond acceptors (Lipinski definition) is 15. The first kappa shape index (κ1) is 28.3. The van der Waals surface area contributed by atoms with E-state index in [1.54, 1.807) is 0 Å².